The molecule has 26 heavy (non-hydrogen) atoms. The van der Waals surface area contributed by atoms with Crippen LogP contribution in [0, 0.1) is 13.8 Å². The third-order valence-electron chi connectivity index (χ3n) is 4.05. The molecule has 0 aliphatic rings. The lowest BCUT2D eigenvalue weighted by molar-refractivity contribution is 0.102. The molecule has 1 amide bonds. The third-order valence-corrected chi connectivity index (χ3v) is 4.05. The van der Waals surface area contributed by atoms with Crippen LogP contribution in [0.3, 0.4) is 0 Å². The van der Waals surface area contributed by atoms with Crippen molar-refractivity contribution in [1.29, 1.82) is 0 Å². The zero-order valence-corrected chi connectivity index (χ0v) is 15.2. The normalized spacial score (nSPS) is 10.4. The number of hydrogen-bond acceptors (Lipinski definition) is 4. The second-order valence-corrected chi connectivity index (χ2v) is 6.11. The van der Waals surface area contributed by atoms with E-state index in [1.54, 1.807) is 6.07 Å². The second-order valence-electron chi connectivity index (χ2n) is 6.11. The van der Waals surface area contributed by atoms with Gasteiger partial charge >= 0.3 is 0 Å². The smallest absolute Gasteiger partial charge is 0.257 e. The Labute approximate surface area is 153 Å². The van der Waals surface area contributed by atoms with E-state index in [4.69, 9.17) is 0 Å². The predicted octanol–water partition coefficient (Wildman–Crippen LogP) is 4.65. The topological polar surface area (TPSA) is 66.9 Å². The van der Waals surface area contributed by atoms with Gasteiger partial charge in [0.1, 0.15) is 0 Å². The number of amides is 1. The van der Waals surface area contributed by atoms with Gasteiger partial charge in [0.25, 0.3) is 5.91 Å². The summed E-state index contributed by atoms with van der Waals surface area (Å²) < 4.78 is 0. The van der Waals surface area contributed by atoms with E-state index in [1.807, 2.05) is 62.4 Å². The molecule has 5 nitrogen and oxygen atoms in total. The summed E-state index contributed by atoms with van der Waals surface area (Å²) >= 11 is 0. The summed E-state index contributed by atoms with van der Waals surface area (Å²) in [6.07, 6.45) is 0.854. The zero-order chi connectivity index (χ0) is 18.5. The van der Waals surface area contributed by atoms with Gasteiger partial charge in [-0.1, -0.05) is 37.3 Å². The molecule has 5 heteroatoms. The van der Waals surface area contributed by atoms with Gasteiger partial charge in [-0.05, 0) is 50.1 Å². The Morgan fingerprint density at radius 1 is 0.923 bits per heavy atom. The summed E-state index contributed by atoms with van der Waals surface area (Å²) in [5.41, 5.74) is 4.89. The van der Waals surface area contributed by atoms with Gasteiger partial charge in [0, 0.05) is 17.1 Å². The van der Waals surface area contributed by atoms with Crippen molar-refractivity contribution < 1.29 is 4.79 Å². The highest BCUT2D eigenvalue weighted by Crippen LogP contribution is 2.22. The summed E-state index contributed by atoms with van der Waals surface area (Å²) in [7, 11) is 0. The summed E-state index contributed by atoms with van der Waals surface area (Å²) in [6, 6.07) is 17.1. The van der Waals surface area contributed by atoms with Crippen LogP contribution in [-0.2, 0) is 6.42 Å². The maximum absolute atomic E-state index is 12.8. The molecule has 132 valence electrons. The number of nitrogens with zero attached hydrogens (tertiary/aromatic N) is 2. The standard InChI is InChI=1S/C21H22N4O/c1-4-16-9-5-7-11-18(16)24-20(26)17-10-6-8-12-19(17)25-21-22-14(2)13-15(3)23-21/h5-13H,4H2,1-3H3,(H,24,26)(H,22,23,25). The van der Waals surface area contributed by atoms with Gasteiger partial charge in [0.05, 0.1) is 11.3 Å². The highest BCUT2D eigenvalue weighted by Gasteiger charge is 2.13. The number of para-hydroxylation sites is 2. The molecule has 0 atom stereocenters. The van der Waals surface area contributed by atoms with Crippen molar-refractivity contribution >= 4 is 23.2 Å². The molecule has 2 aromatic carbocycles. The highest BCUT2D eigenvalue weighted by molar-refractivity contribution is 6.08. The Bertz CT molecular complexity index is 917. The van der Waals surface area contributed by atoms with Crippen LogP contribution in [0.25, 0.3) is 0 Å². The summed E-state index contributed by atoms with van der Waals surface area (Å²) in [5.74, 6) is 0.315. The molecule has 1 heterocycles. The first-order valence-corrected chi connectivity index (χ1v) is 8.64. The van der Waals surface area contributed by atoms with Crippen LogP contribution in [0.2, 0.25) is 0 Å². The van der Waals surface area contributed by atoms with Crippen molar-refractivity contribution in [2.75, 3.05) is 10.6 Å². The van der Waals surface area contributed by atoms with Gasteiger partial charge < -0.3 is 10.6 Å². The molecule has 0 bridgehead atoms. The number of carbonyl (C=O) groups excluding carboxylic acids is 1. The molecule has 0 aliphatic heterocycles. The quantitative estimate of drug-likeness (QED) is 0.705. The number of nitrogens with one attached hydrogen (secondary N) is 2. The predicted molar refractivity (Wildman–Crippen MR) is 105 cm³/mol. The zero-order valence-electron chi connectivity index (χ0n) is 15.2. The largest absolute Gasteiger partial charge is 0.323 e. The van der Waals surface area contributed by atoms with E-state index in [0.29, 0.717) is 17.2 Å². The fraction of sp³-hybridized carbons (Fsp3) is 0.190. The van der Waals surface area contributed by atoms with Crippen molar-refractivity contribution in [1.82, 2.24) is 9.97 Å². The van der Waals surface area contributed by atoms with Gasteiger partial charge in [-0.3, -0.25) is 4.79 Å². The van der Waals surface area contributed by atoms with Crippen molar-refractivity contribution in [3.63, 3.8) is 0 Å². The first-order valence-electron chi connectivity index (χ1n) is 8.64. The Morgan fingerprint density at radius 2 is 1.54 bits per heavy atom. The lowest BCUT2D eigenvalue weighted by Crippen LogP contribution is -2.15. The fourth-order valence-electron chi connectivity index (χ4n) is 2.83. The van der Waals surface area contributed by atoms with Crippen molar-refractivity contribution in [3.8, 4) is 0 Å². The minimum atomic E-state index is -0.168. The summed E-state index contributed by atoms with van der Waals surface area (Å²) in [4.78, 5) is 21.6. The molecule has 0 aliphatic carbocycles. The van der Waals surface area contributed by atoms with Crippen LogP contribution in [-0.4, -0.2) is 15.9 Å². The number of benzene rings is 2. The minimum absolute atomic E-state index is 0.168. The van der Waals surface area contributed by atoms with Crippen molar-refractivity contribution in [2.24, 2.45) is 0 Å². The number of aromatic nitrogens is 2. The Morgan fingerprint density at radius 3 is 2.23 bits per heavy atom. The van der Waals surface area contributed by atoms with Crippen LogP contribution in [0.5, 0.6) is 0 Å². The van der Waals surface area contributed by atoms with Crippen LogP contribution in [0.1, 0.15) is 34.2 Å². The van der Waals surface area contributed by atoms with Crippen LogP contribution in [0.15, 0.2) is 54.6 Å². The lowest BCUT2D eigenvalue weighted by Gasteiger charge is -2.13. The maximum Gasteiger partial charge on any atom is 0.257 e. The number of rotatable bonds is 5. The molecule has 0 fully saturated rings. The average molecular weight is 346 g/mol. The minimum Gasteiger partial charge on any atom is -0.323 e. The van der Waals surface area contributed by atoms with E-state index in [9.17, 15) is 4.79 Å². The number of hydrogen-bond donors (Lipinski definition) is 2. The SMILES string of the molecule is CCc1ccccc1NC(=O)c1ccccc1Nc1nc(C)cc(C)n1. The third kappa shape index (κ3) is 4.06. The van der Waals surface area contributed by atoms with Gasteiger partial charge in [-0.15, -0.1) is 0 Å². The average Bonchev–Trinajstić information content (AvgIpc) is 2.61. The highest BCUT2D eigenvalue weighted by atomic mass is 16.1. The molecular formula is C21H22N4O. The van der Waals surface area contributed by atoms with E-state index in [-0.39, 0.29) is 5.91 Å². The van der Waals surface area contributed by atoms with Gasteiger partial charge in [-0.2, -0.15) is 0 Å². The summed E-state index contributed by atoms with van der Waals surface area (Å²) in [5, 5.41) is 6.17. The molecule has 0 radical (unpaired) electrons. The van der Waals surface area contributed by atoms with E-state index < -0.39 is 0 Å². The van der Waals surface area contributed by atoms with Crippen molar-refractivity contribution in [3.05, 3.63) is 77.1 Å². The first-order chi connectivity index (χ1) is 12.6. The van der Waals surface area contributed by atoms with Gasteiger partial charge in [0.15, 0.2) is 0 Å². The number of anilines is 3. The van der Waals surface area contributed by atoms with Gasteiger partial charge in [-0.25, -0.2) is 9.97 Å². The lowest BCUT2D eigenvalue weighted by atomic mass is 10.1. The Kier molecular flexibility index (Phi) is 5.27. The van der Waals surface area contributed by atoms with Gasteiger partial charge in [0.2, 0.25) is 5.95 Å². The summed E-state index contributed by atoms with van der Waals surface area (Å²) in [6.45, 7) is 5.90. The molecule has 0 saturated carbocycles. The van der Waals surface area contributed by atoms with Crippen LogP contribution >= 0.6 is 0 Å². The number of carbonyl (C=O) groups is 1. The molecule has 2 N–H and O–H groups in total. The van der Waals surface area contributed by atoms with E-state index in [1.165, 1.54) is 0 Å². The molecule has 1 aromatic heterocycles. The molecule has 3 rings (SSSR count). The van der Waals surface area contributed by atoms with Crippen molar-refractivity contribution in [2.45, 2.75) is 27.2 Å². The number of aryl methyl sites for hydroxylation is 3. The molecule has 0 spiro atoms. The Hall–Kier alpha value is -3.21. The van der Waals surface area contributed by atoms with E-state index in [0.717, 1.165) is 29.1 Å². The molecule has 3 aromatic rings. The first kappa shape index (κ1) is 17.6. The van der Waals surface area contributed by atoms with Crippen LogP contribution in [0.4, 0.5) is 17.3 Å². The molecule has 0 unspecified atom stereocenters. The molecule has 0 saturated heterocycles. The maximum atomic E-state index is 12.8. The molecular weight excluding hydrogens is 324 g/mol. The Balaban J connectivity index is 1.87. The van der Waals surface area contributed by atoms with E-state index in [2.05, 4.69) is 27.5 Å². The fourth-order valence-corrected chi connectivity index (χ4v) is 2.83. The second kappa shape index (κ2) is 7.78. The van der Waals surface area contributed by atoms with E-state index >= 15 is 0 Å². The monoisotopic (exact) mass is 346 g/mol. The van der Waals surface area contributed by atoms with Crippen LogP contribution < -0.4 is 10.6 Å².